The van der Waals surface area contributed by atoms with Crippen LogP contribution in [0.3, 0.4) is 0 Å². The van der Waals surface area contributed by atoms with Crippen LogP contribution in [0.2, 0.25) is 0 Å². The number of methoxy groups -OCH3 is 2. The van der Waals surface area contributed by atoms with Crippen LogP contribution in [0.1, 0.15) is 39.7 Å². The zero-order valence-corrected chi connectivity index (χ0v) is 16.6. The molecule has 1 aromatic rings. The Morgan fingerprint density at radius 3 is 2.27 bits per heavy atom. The maximum Gasteiger partial charge on any atom is 0.191 e. The molecule has 1 fully saturated rings. The molecule has 1 aliphatic heterocycles. The molecule has 0 spiro atoms. The Kier molecular flexibility index (Phi) is 7.19. The molecule has 1 saturated heterocycles. The Hall–Kier alpha value is -1.02. The van der Waals surface area contributed by atoms with E-state index in [0.717, 1.165) is 5.56 Å². The first-order chi connectivity index (χ1) is 12.2. The zero-order valence-electron chi connectivity index (χ0n) is 16.6. The zero-order chi connectivity index (χ0) is 19.4. The Morgan fingerprint density at radius 1 is 1.15 bits per heavy atom. The van der Waals surface area contributed by atoms with Crippen LogP contribution in [0, 0.1) is 0 Å². The van der Waals surface area contributed by atoms with Gasteiger partial charge in [-0.15, -0.1) is 0 Å². The molecule has 148 valence electrons. The van der Waals surface area contributed by atoms with Gasteiger partial charge in [-0.2, -0.15) is 0 Å². The van der Waals surface area contributed by atoms with Crippen molar-refractivity contribution in [3.8, 4) is 0 Å². The number of rotatable bonds is 9. The van der Waals surface area contributed by atoms with Crippen molar-refractivity contribution in [2.24, 2.45) is 0 Å². The van der Waals surface area contributed by atoms with E-state index in [-0.39, 0.29) is 18.3 Å². The number of hydrogen-bond donors (Lipinski definition) is 1. The molecule has 0 amide bonds. The molecule has 6 heteroatoms. The largest absolute Gasteiger partial charge is 0.387 e. The third kappa shape index (κ3) is 5.25. The van der Waals surface area contributed by atoms with E-state index >= 15 is 0 Å². The molecule has 0 aliphatic carbocycles. The molecule has 26 heavy (non-hydrogen) atoms. The summed E-state index contributed by atoms with van der Waals surface area (Å²) in [5.74, 6) is -1.80. The first kappa shape index (κ1) is 21.3. The van der Waals surface area contributed by atoms with Gasteiger partial charge in [0.25, 0.3) is 0 Å². The molecule has 1 heterocycles. The van der Waals surface area contributed by atoms with Gasteiger partial charge in [-0.1, -0.05) is 30.3 Å². The Balaban J connectivity index is 2.13. The minimum absolute atomic E-state index is 0.158. The van der Waals surface area contributed by atoms with Gasteiger partial charge in [0.05, 0.1) is 18.8 Å². The lowest BCUT2D eigenvalue weighted by molar-refractivity contribution is -0.256. The highest BCUT2D eigenvalue weighted by Crippen LogP contribution is 2.33. The van der Waals surface area contributed by atoms with Crippen molar-refractivity contribution < 1.29 is 28.8 Å². The van der Waals surface area contributed by atoms with Gasteiger partial charge in [0, 0.05) is 20.6 Å². The summed E-state index contributed by atoms with van der Waals surface area (Å²) in [4.78, 5) is 0. The van der Waals surface area contributed by atoms with Crippen LogP contribution in [0.25, 0.3) is 0 Å². The highest BCUT2D eigenvalue weighted by Gasteiger charge is 2.46. The minimum atomic E-state index is -1.12. The van der Waals surface area contributed by atoms with Crippen LogP contribution < -0.4 is 0 Å². The van der Waals surface area contributed by atoms with Crippen molar-refractivity contribution >= 4 is 0 Å². The standard InChI is InChI=1S/C20H32O6/c1-14-18(26-19(2,3)25-14)16(12-17(21)20(4,22-5)23-6)24-13-15-10-8-7-9-11-15/h7-11,14,16-18,21H,12-13H2,1-6H3/t14-,16-,17+,18-/m1/s1. The fourth-order valence-electron chi connectivity index (χ4n) is 3.21. The molecule has 0 unspecified atom stereocenters. The maximum absolute atomic E-state index is 10.7. The molecule has 0 aromatic heterocycles. The average molecular weight is 368 g/mol. The van der Waals surface area contributed by atoms with Crippen LogP contribution in [0.4, 0.5) is 0 Å². The average Bonchev–Trinajstić information content (AvgIpc) is 2.90. The Bertz CT molecular complexity index is 542. The number of aliphatic hydroxyl groups is 1. The molecule has 0 saturated carbocycles. The molecular formula is C20H32O6. The van der Waals surface area contributed by atoms with E-state index in [2.05, 4.69) is 0 Å². The van der Waals surface area contributed by atoms with Crippen LogP contribution in [-0.4, -0.2) is 55.3 Å². The predicted molar refractivity (Wildman–Crippen MR) is 97.6 cm³/mol. The predicted octanol–water partition coefficient (Wildman–Crippen LogP) is 2.87. The summed E-state index contributed by atoms with van der Waals surface area (Å²) in [5, 5.41) is 10.7. The van der Waals surface area contributed by atoms with Gasteiger partial charge in [0.15, 0.2) is 11.6 Å². The maximum atomic E-state index is 10.7. The fourth-order valence-corrected chi connectivity index (χ4v) is 3.21. The van der Waals surface area contributed by atoms with E-state index in [4.69, 9.17) is 23.7 Å². The lowest BCUT2D eigenvalue weighted by Gasteiger charge is -2.35. The Labute approximate surface area is 156 Å². The van der Waals surface area contributed by atoms with E-state index < -0.39 is 17.7 Å². The second-order valence-electron chi connectivity index (χ2n) is 7.32. The quantitative estimate of drug-likeness (QED) is 0.676. The molecule has 4 atom stereocenters. The van der Waals surface area contributed by atoms with Crippen molar-refractivity contribution in [1.82, 2.24) is 0 Å². The van der Waals surface area contributed by atoms with Crippen molar-refractivity contribution in [3.63, 3.8) is 0 Å². The van der Waals surface area contributed by atoms with Crippen LogP contribution >= 0.6 is 0 Å². The molecular weight excluding hydrogens is 336 g/mol. The molecule has 0 radical (unpaired) electrons. The summed E-state index contributed by atoms with van der Waals surface area (Å²) in [6.07, 6.45) is -1.44. The molecule has 2 rings (SSSR count). The van der Waals surface area contributed by atoms with E-state index in [1.54, 1.807) is 6.92 Å². The monoisotopic (exact) mass is 368 g/mol. The van der Waals surface area contributed by atoms with E-state index in [1.165, 1.54) is 14.2 Å². The topological polar surface area (TPSA) is 66.4 Å². The molecule has 1 aromatic carbocycles. The lowest BCUT2D eigenvalue weighted by atomic mass is 9.98. The Morgan fingerprint density at radius 2 is 1.77 bits per heavy atom. The minimum Gasteiger partial charge on any atom is -0.387 e. The highest BCUT2D eigenvalue weighted by molar-refractivity contribution is 5.13. The van der Waals surface area contributed by atoms with Crippen molar-refractivity contribution in [2.75, 3.05) is 14.2 Å². The van der Waals surface area contributed by atoms with Gasteiger partial charge in [0.2, 0.25) is 0 Å². The van der Waals surface area contributed by atoms with Gasteiger partial charge in [0.1, 0.15) is 12.2 Å². The summed E-state index contributed by atoms with van der Waals surface area (Å²) in [6, 6.07) is 9.90. The van der Waals surface area contributed by atoms with Gasteiger partial charge in [-0.3, -0.25) is 0 Å². The summed E-state index contributed by atoms with van der Waals surface area (Å²) < 4.78 is 28.8. The van der Waals surface area contributed by atoms with Crippen LogP contribution in [-0.2, 0) is 30.3 Å². The van der Waals surface area contributed by atoms with Gasteiger partial charge in [-0.25, -0.2) is 0 Å². The van der Waals surface area contributed by atoms with Crippen LogP contribution in [0.5, 0.6) is 0 Å². The fraction of sp³-hybridized carbons (Fsp3) is 0.700. The van der Waals surface area contributed by atoms with Gasteiger partial charge >= 0.3 is 0 Å². The van der Waals surface area contributed by atoms with Crippen molar-refractivity contribution in [1.29, 1.82) is 0 Å². The molecule has 1 N–H and O–H groups in total. The third-order valence-electron chi connectivity index (χ3n) is 4.90. The lowest BCUT2D eigenvalue weighted by Crippen LogP contribution is -2.48. The third-order valence-corrected chi connectivity index (χ3v) is 4.90. The second-order valence-corrected chi connectivity index (χ2v) is 7.32. The summed E-state index contributed by atoms with van der Waals surface area (Å²) in [5.41, 5.74) is 1.05. The van der Waals surface area contributed by atoms with Crippen molar-refractivity contribution in [2.45, 2.75) is 76.7 Å². The molecule has 1 aliphatic rings. The summed E-state index contributed by atoms with van der Waals surface area (Å²) in [6.45, 7) is 7.83. The van der Waals surface area contributed by atoms with Crippen molar-refractivity contribution in [3.05, 3.63) is 35.9 Å². The first-order valence-corrected chi connectivity index (χ1v) is 9.00. The summed E-state index contributed by atoms with van der Waals surface area (Å²) in [7, 11) is 3.01. The van der Waals surface area contributed by atoms with Gasteiger partial charge < -0.3 is 28.8 Å². The number of hydrogen-bond acceptors (Lipinski definition) is 6. The van der Waals surface area contributed by atoms with Gasteiger partial charge in [-0.05, 0) is 33.3 Å². The second kappa shape index (κ2) is 8.78. The first-order valence-electron chi connectivity index (χ1n) is 9.00. The molecule has 6 nitrogen and oxygen atoms in total. The van der Waals surface area contributed by atoms with E-state index in [0.29, 0.717) is 13.0 Å². The number of aliphatic hydroxyl groups excluding tert-OH is 1. The molecule has 0 bridgehead atoms. The van der Waals surface area contributed by atoms with E-state index in [1.807, 2.05) is 51.1 Å². The SMILES string of the molecule is COC(C)(OC)[C@@H](O)C[C@@H](OCc1ccccc1)[C@@H]1OC(C)(C)O[C@@H]1C. The smallest absolute Gasteiger partial charge is 0.191 e. The van der Waals surface area contributed by atoms with E-state index in [9.17, 15) is 5.11 Å². The number of benzene rings is 1. The number of ether oxygens (including phenoxy) is 5. The van der Waals surface area contributed by atoms with Crippen LogP contribution in [0.15, 0.2) is 30.3 Å². The highest BCUT2D eigenvalue weighted by atomic mass is 16.8. The normalized spacial score (nSPS) is 25.2. The summed E-state index contributed by atoms with van der Waals surface area (Å²) >= 11 is 0.